The zero-order valence-corrected chi connectivity index (χ0v) is 23.4. The molecule has 41 heavy (non-hydrogen) atoms. The molecule has 1 atom stereocenters. The molecule has 1 amide bonds. The number of H-pyrrole nitrogens is 1. The van der Waals surface area contributed by atoms with Gasteiger partial charge in [0.1, 0.15) is 16.2 Å². The number of hydrogen-bond acceptors (Lipinski definition) is 10. The number of hydrogen-bond donors (Lipinski definition) is 2. The zero-order valence-electron chi connectivity index (χ0n) is 21.8. The fourth-order valence-corrected chi connectivity index (χ4v) is 4.92. The Morgan fingerprint density at radius 2 is 1.93 bits per heavy atom. The normalized spacial score (nSPS) is 12.3. The van der Waals surface area contributed by atoms with E-state index in [0.717, 1.165) is 6.26 Å². The second-order valence-corrected chi connectivity index (χ2v) is 11.6. The van der Waals surface area contributed by atoms with E-state index in [-0.39, 0.29) is 17.7 Å². The first-order chi connectivity index (χ1) is 19.5. The van der Waals surface area contributed by atoms with E-state index in [1.165, 1.54) is 36.3 Å². The maximum atomic E-state index is 12.9. The third-order valence-electron chi connectivity index (χ3n) is 5.81. The molecule has 0 saturated heterocycles. The van der Waals surface area contributed by atoms with Gasteiger partial charge in [0.25, 0.3) is 5.56 Å². The Hall–Kier alpha value is -4.69. The standard InChI is InChI=1S/C26H24ClN7O6S/c1-40-25(36)11-16-3-5-17(6-4-16)20-13-21(30-31-26(20)37)22(14-41(2,38)39)29-24(35)10-7-18-12-19(27)8-9-23(18)34-15-28-32-33-34/h3-10,12-13,15,22H,11,14H2,1-2H3,(H,29,35)(H,31,37)/b10-7+/t22-/m0/s1. The molecule has 0 unspecified atom stereocenters. The molecule has 0 spiro atoms. The molecular formula is C26H24ClN7O6S. The minimum Gasteiger partial charge on any atom is -0.469 e. The average molecular weight is 598 g/mol. The number of rotatable bonds is 10. The molecule has 4 rings (SSSR count). The molecule has 0 aliphatic carbocycles. The number of ether oxygens (including phenoxy) is 1. The highest BCUT2D eigenvalue weighted by molar-refractivity contribution is 7.90. The van der Waals surface area contributed by atoms with E-state index in [1.54, 1.807) is 42.5 Å². The van der Waals surface area contributed by atoms with Crippen molar-refractivity contribution in [1.82, 2.24) is 35.7 Å². The van der Waals surface area contributed by atoms with Gasteiger partial charge in [-0.3, -0.25) is 14.4 Å². The molecule has 0 fully saturated rings. The molecule has 2 N–H and O–H groups in total. The van der Waals surface area contributed by atoms with Gasteiger partial charge in [-0.05, 0) is 51.9 Å². The van der Waals surface area contributed by atoms with Gasteiger partial charge in [-0.2, -0.15) is 9.78 Å². The van der Waals surface area contributed by atoms with Gasteiger partial charge in [0.05, 0.1) is 42.3 Å². The van der Waals surface area contributed by atoms with Crippen molar-refractivity contribution in [3.63, 3.8) is 0 Å². The second-order valence-electron chi connectivity index (χ2n) is 8.93. The van der Waals surface area contributed by atoms with Gasteiger partial charge in [-0.25, -0.2) is 13.5 Å². The first-order valence-corrected chi connectivity index (χ1v) is 14.4. The van der Waals surface area contributed by atoms with Crippen LogP contribution in [0.3, 0.4) is 0 Å². The van der Waals surface area contributed by atoms with Crippen LogP contribution in [0.2, 0.25) is 5.02 Å². The van der Waals surface area contributed by atoms with Crippen molar-refractivity contribution in [2.45, 2.75) is 12.5 Å². The molecule has 2 aromatic heterocycles. The fraction of sp³-hybridized carbons (Fsp3) is 0.192. The Labute approximate surface area is 239 Å². The van der Waals surface area contributed by atoms with Crippen molar-refractivity contribution in [3.05, 3.63) is 93.1 Å². The summed E-state index contributed by atoms with van der Waals surface area (Å²) in [5.41, 5.74) is 2.08. The van der Waals surface area contributed by atoms with E-state index in [1.807, 2.05) is 0 Å². The highest BCUT2D eigenvalue weighted by Crippen LogP contribution is 2.22. The lowest BCUT2D eigenvalue weighted by molar-refractivity contribution is -0.139. The molecule has 0 radical (unpaired) electrons. The summed E-state index contributed by atoms with van der Waals surface area (Å²) in [5.74, 6) is -1.50. The number of aromatic amines is 1. The molecule has 15 heteroatoms. The van der Waals surface area contributed by atoms with Crippen LogP contribution < -0.4 is 10.9 Å². The van der Waals surface area contributed by atoms with Gasteiger partial charge in [-0.1, -0.05) is 35.9 Å². The van der Waals surface area contributed by atoms with E-state index in [0.29, 0.717) is 27.4 Å². The van der Waals surface area contributed by atoms with Crippen LogP contribution in [0.5, 0.6) is 0 Å². The summed E-state index contributed by atoms with van der Waals surface area (Å²) >= 11 is 6.13. The van der Waals surface area contributed by atoms with E-state index < -0.39 is 39.1 Å². The van der Waals surface area contributed by atoms with E-state index in [2.05, 4.69) is 35.8 Å². The number of halogens is 1. The Balaban J connectivity index is 1.60. The van der Waals surface area contributed by atoms with Gasteiger partial charge >= 0.3 is 5.97 Å². The first-order valence-electron chi connectivity index (χ1n) is 12.0. The fourth-order valence-electron chi connectivity index (χ4n) is 3.88. The van der Waals surface area contributed by atoms with Crippen molar-refractivity contribution >= 4 is 39.4 Å². The Morgan fingerprint density at radius 3 is 2.59 bits per heavy atom. The quantitative estimate of drug-likeness (QED) is 0.202. The highest BCUT2D eigenvalue weighted by atomic mass is 35.5. The summed E-state index contributed by atoms with van der Waals surface area (Å²) in [6, 6.07) is 11.9. The largest absolute Gasteiger partial charge is 0.469 e. The molecule has 0 bridgehead atoms. The maximum absolute atomic E-state index is 12.9. The predicted molar refractivity (Wildman–Crippen MR) is 150 cm³/mol. The third-order valence-corrected chi connectivity index (χ3v) is 6.98. The average Bonchev–Trinajstić information content (AvgIpc) is 3.46. The second kappa shape index (κ2) is 12.7. The van der Waals surface area contributed by atoms with Crippen LogP contribution in [-0.2, 0) is 30.6 Å². The van der Waals surface area contributed by atoms with Crippen LogP contribution in [-0.4, -0.2) is 69.8 Å². The molecule has 4 aromatic rings. The molecule has 13 nitrogen and oxygen atoms in total. The van der Waals surface area contributed by atoms with Gasteiger partial charge in [0, 0.05) is 22.9 Å². The minimum atomic E-state index is -3.59. The van der Waals surface area contributed by atoms with Crippen molar-refractivity contribution in [2.24, 2.45) is 0 Å². The van der Waals surface area contributed by atoms with E-state index in [4.69, 9.17) is 11.6 Å². The van der Waals surface area contributed by atoms with Crippen LogP contribution in [0.15, 0.2) is 65.7 Å². The molecule has 0 aliphatic heterocycles. The lowest BCUT2D eigenvalue weighted by Gasteiger charge is -2.17. The third kappa shape index (κ3) is 7.93. The number of sulfone groups is 1. The summed E-state index contributed by atoms with van der Waals surface area (Å²) in [6.45, 7) is 0. The predicted octanol–water partition coefficient (Wildman–Crippen LogP) is 1.70. The molecule has 0 saturated carbocycles. The van der Waals surface area contributed by atoms with Crippen molar-refractivity contribution in [3.8, 4) is 16.8 Å². The topological polar surface area (TPSA) is 179 Å². The molecule has 212 valence electrons. The Kier molecular flexibility index (Phi) is 9.04. The summed E-state index contributed by atoms with van der Waals surface area (Å²) in [7, 11) is -2.30. The SMILES string of the molecule is COC(=O)Cc1ccc(-c2cc([C@H](CS(C)(=O)=O)NC(=O)/C=C/c3cc(Cl)ccc3-n3cnnn3)n[nH]c2=O)cc1. The summed E-state index contributed by atoms with van der Waals surface area (Å²) in [4.78, 5) is 37.1. The number of aromatic nitrogens is 6. The maximum Gasteiger partial charge on any atom is 0.309 e. The van der Waals surface area contributed by atoms with Crippen molar-refractivity contribution in [2.75, 3.05) is 19.1 Å². The van der Waals surface area contributed by atoms with Gasteiger partial charge in [0.15, 0.2) is 0 Å². The molecular weight excluding hydrogens is 574 g/mol. The van der Waals surface area contributed by atoms with Crippen LogP contribution in [0, 0.1) is 0 Å². The number of benzene rings is 2. The van der Waals surface area contributed by atoms with Crippen molar-refractivity contribution < 1.29 is 22.7 Å². The number of methoxy groups -OCH3 is 1. The van der Waals surface area contributed by atoms with Crippen LogP contribution in [0.4, 0.5) is 0 Å². The number of carbonyl (C=O) groups excluding carboxylic acids is 2. The zero-order chi connectivity index (χ0) is 29.6. The number of carbonyl (C=O) groups is 2. The number of nitrogens with one attached hydrogen (secondary N) is 2. The van der Waals surface area contributed by atoms with E-state index >= 15 is 0 Å². The summed E-state index contributed by atoms with van der Waals surface area (Å²) < 4.78 is 30.5. The number of nitrogens with zero attached hydrogens (tertiary/aromatic N) is 5. The van der Waals surface area contributed by atoms with Gasteiger partial charge in [0.2, 0.25) is 5.91 Å². The minimum absolute atomic E-state index is 0.0666. The van der Waals surface area contributed by atoms with Crippen molar-refractivity contribution in [1.29, 1.82) is 0 Å². The highest BCUT2D eigenvalue weighted by Gasteiger charge is 2.22. The number of tetrazole rings is 1. The smallest absolute Gasteiger partial charge is 0.309 e. The van der Waals surface area contributed by atoms with Crippen LogP contribution in [0.1, 0.15) is 22.9 Å². The Bertz CT molecular complexity index is 1750. The summed E-state index contributed by atoms with van der Waals surface area (Å²) in [6.07, 6.45) is 5.17. The van der Waals surface area contributed by atoms with Gasteiger partial charge < -0.3 is 10.1 Å². The van der Waals surface area contributed by atoms with Gasteiger partial charge in [-0.15, -0.1) is 5.10 Å². The molecule has 2 aromatic carbocycles. The first kappa shape index (κ1) is 29.3. The van der Waals surface area contributed by atoms with E-state index in [9.17, 15) is 22.8 Å². The number of amides is 1. The lowest BCUT2D eigenvalue weighted by atomic mass is 10.0. The monoisotopic (exact) mass is 597 g/mol. The van der Waals surface area contributed by atoms with Crippen LogP contribution in [0.25, 0.3) is 22.9 Å². The lowest BCUT2D eigenvalue weighted by Crippen LogP contribution is -2.33. The summed E-state index contributed by atoms with van der Waals surface area (Å²) in [5, 5.41) is 20.5. The molecule has 0 aliphatic rings. The number of esters is 1. The van der Waals surface area contributed by atoms with Crippen LogP contribution >= 0.6 is 11.6 Å². The molecule has 2 heterocycles. The Morgan fingerprint density at radius 1 is 1.17 bits per heavy atom.